The molecule has 2 aliphatic rings. The molecule has 1 saturated carbocycles. The molecule has 1 aromatic heterocycles. The zero-order valence-electron chi connectivity index (χ0n) is 8.95. The molecular weight excluding hydrogens is 186 g/mol. The lowest BCUT2D eigenvalue weighted by atomic mass is 10.2. The van der Waals surface area contributed by atoms with Gasteiger partial charge in [-0.1, -0.05) is 25.0 Å². The summed E-state index contributed by atoms with van der Waals surface area (Å²) in [5.74, 6) is 0.710. The SMILES string of the molecule is Nc1nc2c(n1C1CCCC1)=CCCC=2. The maximum absolute atomic E-state index is 6.01. The highest BCUT2D eigenvalue weighted by atomic mass is 15.2. The molecule has 0 spiro atoms. The summed E-state index contributed by atoms with van der Waals surface area (Å²) in [7, 11) is 0. The van der Waals surface area contributed by atoms with Crippen molar-refractivity contribution in [2.24, 2.45) is 0 Å². The largest absolute Gasteiger partial charge is 0.369 e. The van der Waals surface area contributed by atoms with Crippen molar-refractivity contribution < 1.29 is 0 Å². The Balaban J connectivity index is 2.18. The smallest absolute Gasteiger partial charge is 0.201 e. The first-order chi connectivity index (χ1) is 7.36. The first-order valence-electron chi connectivity index (χ1n) is 5.90. The summed E-state index contributed by atoms with van der Waals surface area (Å²) in [5.41, 5.74) is 6.01. The molecule has 1 fully saturated rings. The molecule has 2 aliphatic carbocycles. The Kier molecular flexibility index (Phi) is 2.04. The van der Waals surface area contributed by atoms with Gasteiger partial charge in [0.05, 0.1) is 10.7 Å². The van der Waals surface area contributed by atoms with Crippen LogP contribution in [0.3, 0.4) is 0 Å². The predicted octanol–water partition coefficient (Wildman–Crippen LogP) is 0.935. The van der Waals surface area contributed by atoms with Crippen molar-refractivity contribution in [1.82, 2.24) is 9.55 Å². The minimum absolute atomic E-state index is 0.601. The van der Waals surface area contributed by atoms with E-state index >= 15 is 0 Å². The van der Waals surface area contributed by atoms with Crippen molar-refractivity contribution in [3.63, 3.8) is 0 Å². The van der Waals surface area contributed by atoms with Crippen LogP contribution in [0.4, 0.5) is 5.95 Å². The van der Waals surface area contributed by atoms with Gasteiger partial charge < -0.3 is 10.3 Å². The van der Waals surface area contributed by atoms with Crippen LogP contribution < -0.4 is 16.4 Å². The molecule has 3 nitrogen and oxygen atoms in total. The number of nitrogens with two attached hydrogens (primary N) is 1. The molecule has 0 atom stereocenters. The van der Waals surface area contributed by atoms with E-state index in [2.05, 4.69) is 21.7 Å². The maximum Gasteiger partial charge on any atom is 0.201 e. The van der Waals surface area contributed by atoms with Crippen molar-refractivity contribution in [2.75, 3.05) is 5.73 Å². The van der Waals surface area contributed by atoms with Crippen molar-refractivity contribution >= 4 is 18.1 Å². The van der Waals surface area contributed by atoms with Gasteiger partial charge >= 0.3 is 0 Å². The molecule has 0 aromatic carbocycles. The number of hydrogen-bond acceptors (Lipinski definition) is 2. The van der Waals surface area contributed by atoms with E-state index in [1.165, 1.54) is 31.0 Å². The topological polar surface area (TPSA) is 43.8 Å². The fraction of sp³-hybridized carbons (Fsp3) is 0.583. The molecule has 0 bridgehead atoms. The van der Waals surface area contributed by atoms with Crippen LogP contribution in [0.2, 0.25) is 0 Å². The minimum Gasteiger partial charge on any atom is -0.369 e. The first-order valence-corrected chi connectivity index (χ1v) is 5.90. The third-order valence-electron chi connectivity index (χ3n) is 3.54. The molecule has 2 N–H and O–H groups in total. The molecule has 1 heterocycles. The minimum atomic E-state index is 0.601. The number of fused-ring (bicyclic) bond motifs is 1. The lowest BCUT2D eigenvalue weighted by Gasteiger charge is -2.13. The lowest BCUT2D eigenvalue weighted by Crippen LogP contribution is -2.33. The molecule has 80 valence electrons. The Hall–Kier alpha value is -1.25. The summed E-state index contributed by atoms with van der Waals surface area (Å²) in [6, 6.07) is 0.601. The van der Waals surface area contributed by atoms with Crippen LogP contribution in [-0.4, -0.2) is 9.55 Å². The molecule has 15 heavy (non-hydrogen) atoms. The number of nitrogen functional groups attached to an aromatic ring is 1. The summed E-state index contributed by atoms with van der Waals surface area (Å²) in [4.78, 5) is 4.45. The van der Waals surface area contributed by atoms with Gasteiger partial charge in [-0.25, -0.2) is 4.98 Å². The second kappa shape index (κ2) is 3.40. The van der Waals surface area contributed by atoms with Crippen LogP contribution in [0.25, 0.3) is 12.2 Å². The average molecular weight is 203 g/mol. The van der Waals surface area contributed by atoms with Crippen LogP contribution in [0, 0.1) is 0 Å². The van der Waals surface area contributed by atoms with E-state index in [-0.39, 0.29) is 0 Å². The van der Waals surface area contributed by atoms with E-state index in [9.17, 15) is 0 Å². The third-order valence-corrected chi connectivity index (χ3v) is 3.54. The molecule has 3 heteroatoms. The molecule has 0 aliphatic heterocycles. The zero-order valence-corrected chi connectivity index (χ0v) is 8.95. The number of imidazole rings is 1. The Morgan fingerprint density at radius 1 is 1.20 bits per heavy atom. The normalized spacial score (nSPS) is 20.8. The zero-order chi connectivity index (χ0) is 10.3. The number of hydrogen-bond donors (Lipinski definition) is 1. The van der Waals surface area contributed by atoms with Crippen molar-refractivity contribution in [1.29, 1.82) is 0 Å². The summed E-state index contributed by atoms with van der Waals surface area (Å²) in [6.07, 6.45) is 11.9. The van der Waals surface area contributed by atoms with Crippen LogP contribution in [0.1, 0.15) is 44.6 Å². The van der Waals surface area contributed by atoms with Crippen molar-refractivity contribution in [2.45, 2.75) is 44.6 Å². The third kappa shape index (κ3) is 1.37. The monoisotopic (exact) mass is 203 g/mol. The lowest BCUT2D eigenvalue weighted by molar-refractivity contribution is 0.513. The highest BCUT2D eigenvalue weighted by molar-refractivity contribution is 5.38. The Bertz CT molecular complexity index is 478. The number of rotatable bonds is 1. The number of anilines is 1. The Morgan fingerprint density at radius 3 is 2.73 bits per heavy atom. The molecule has 1 aromatic rings. The molecule has 0 amide bonds. The van der Waals surface area contributed by atoms with Gasteiger partial charge in [0.25, 0.3) is 0 Å². The van der Waals surface area contributed by atoms with Gasteiger partial charge in [-0.2, -0.15) is 0 Å². The molecule has 0 unspecified atom stereocenters. The van der Waals surface area contributed by atoms with Gasteiger partial charge in [0.2, 0.25) is 5.95 Å². The van der Waals surface area contributed by atoms with E-state index < -0.39 is 0 Å². The van der Waals surface area contributed by atoms with Gasteiger partial charge in [-0.05, 0) is 25.7 Å². The van der Waals surface area contributed by atoms with Gasteiger partial charge in [-0.15, -0.1) is 0 Å². The molecule has 0 radical (unpaired) electrons. The molecular formula is C12H17N3. The van der Waals surface area contributed by atoms with Crippen molar-refractivity contribution in [3.05, 3.63) is 10.7 Å². The molecule has 0 saturated heterocycles. The summed E-state index contributed by atoms with van der Waals surface area (Å²) in [5, 5.41) is 2.37. The summed E-state index contributed by atoms with van der Waals surface area (Å²) >= 11 is 0. The maximum atomic E-state index is 6.01. The van der Waals surface area contributed by atoms with Crippen LogP contribution in [0.15, 0.2) is 0 Å². The van der Waals surface area contributed by atoms with Gasteiger partial charge in [-0.3, -0.25) is 0 Å². The highest BCUT2D eigenvalue weighted by Gasteiger charge is 2.20. The van der Waals surface area contributed by atoms with Gasteiger partial charge in [0, 0.05) is 6.04 Å². The quantitative estimate of drug-likeness (QED) is 0.738. The standard InChI is InChI=1S/C12H17N3/c13-12-14-10-7-3-4-8-11(10)15(12)9-5-1-2-6-9/h7-9H,1-6H2,(H2,13,14). The van der Waals surface area contributed by atoms with Crippen LogP contribution >= 0.6 is 0 Å². The fourth-order valence-corrected chi connectivity index (χ4v) is 2.82. The Labute approximate surface area is 89.3 Å². The van der Waals surface area contributed by atoms with E-state index in [0.717, 1.165) is 18.2 Å². The second-order valence-corrected chi connectivity index (χ2v) is 4.53. The summed E-state index contributed by atoms with van der Waals surface area (Å²) in [6.45, 7) is 0. The average Bonchev–Trinajstić information content (AvgIpc) is 2.82. The summed E-state index contributed by atoms with van der Waals surface area (Å²) < 4.78 is 2.26. The first kappa shape index (κ1) is 9.01. The van der Waals surface area contributed by atoms with E-state index in [0.29, 0.717) is 12.0 Å². The van der Waals surface area contributed by atoms with E-state index in [4.69, 9.17) is 5.73 Å². The highest BCUT2D eigenvalue weighted by Crippen LogP contribution is 2.29. The Morgan fingerprint density at radius 2 is 1.93 bits per heavy atom. The van der Waals surface area contributed by atoms with Crippen molar-refractivity contribution in [3.8, 4) is 0 Å². The van der Waals surface area contributed by atoms with Crippen LogP contribution in [0.5, 0.6) is 0 Å². The van der Waals surface area contributed by atoms with Crippen LogP contribution in [-0.2, 0) is 0 Å². The second-order valence-electron chi connectivity index (χ2n) is 4.53. The fourth-order valence-electron chi connectivity index (χ4n) is 2.82. The number of nitrogens with zero attached hydrogens (tertiary/aromatic N) is 2. The predicted molar refractivity (Wildman–Crippen MR) is 61.6 cm³/mol. The van der Waals surface area contributed by atoms with E-state index in [1.807, 2.05) is 0 Å². The van der Waals surface area contributed by atoms with Gasteiger partial charge in [0.15, 0.2) is 0 Å². The number of aromatic nitrogens is 2. The van der Waals surface area contributed by atoms with E-state index in [1.54, 1.807) is 0 Å². The molecule has 3 rings (SSSR count). The van der Waals surface area contributed by atoms with Gasteiger partial charge in [0.1, 0.15) is 0 Å².